The van der Waals surface area contributed by atoms with Crippen LogP contribution in [0.25, 0.3) is 4.96 Å². The molecular weight excluding hydrogens is 526 g/mol. The van der Waals surface area contributed by atoms with Gasteiger partial charge >= 0.3 is 0 Å². The Morgan fingerprint density at radius 3 is 2.70 bits per heavy atom. The molecule has 1 atom stereocenters. The molecule has 37 heavy (non-hydrogen) atoms. The summed E-state index contributed by atoms with van der Waals surface area (Å²) in [5.41, 5.74) is 1.50. The second kappa shape index (κ2) is 9.67. The monoisotopic (exact) mass is 546 g/mol. The standard InChI is InChI=1S/C24H21ClF2N6O3S/c1-12-30-33-21-16(29-24(33)37-12)8-9-32(20(21)14-5-4-13(26)10-15(14)27)19(34)11-36-18-7-6-17(28-22(18)25)23(35)31(2)3/h4-7,10,20H,8-9,11H2,1-3H3. The van der Waals surface area contributed by atoms with E-state index in [0.717, 1.165) is 17.1 Å². The maximum Gasteiger partial charge on any atom is 0.271 e. The molecule has 3 aromatic heterocycles. The Morgan fingerprint density at radius 1 is 1.22 bits per heavy atom. The summed E-state index contributed by atoms with van der Waals surface area (Å²) in [5.74, 6) is -2.17. The lowest BCUT2D eigenvalue weighted by Gasteiger charge is -2.35. The molecule has 1 aliphatic heterocycles. The second-order valence-electron chi connectivity index (χ2n) is 8.64. The smallest absolute Gasteiger partial charge is 0.271 e. The number of nitrogens with zero attached hydrogens (tertiary/aromatic N) is 6. The number of fused-ring (bicyclic) bond motifs is 3. The number of hydrogen-bond donors (Lipinski definition) is 0. The predicted molar refractivity (Wildman–Crippen MR) is 132 cm³/mol. The Hall–Kier alpha value is -3.64. The van der Waals surface area contributed by atoms with Gasteiger partial charge in [-0.05, 0) is 25.1 Å². The van der Waals surface area contributed by atoms with Crippen LogP contribution in [0.2, 0.25) is 5.15 Å². The van der Waals surface area contributed by atoms with E-state index in [0.29, 0.717) is 22.8 Å². The van der Waals surface area contributed by atoms with Crippen molar-refractivity contribution in [2.75, 3.05) is 27.2 Å². The number of imidazole rings is 1. The molecule has 0 saturated carbocycles. The second-order valence-corrected chi connectivity index (χ2v) is 10.2. The molecule has 0 aliphatic carbocycles. The van der Waals surface area contributed by atoms with Crippen LogP contribution in [0.5, 0.6) is 5.75 Å². The number of carbonyl (C=O) groups excluding carboxylic acids is 2. The van der Waals surface area contributed by atoms with Crippen molar-refractivity contribution in [3.05, 3.63) is 74.8 Å². The van der Waals surface area contributed by atoms with Crippen LogP contribution in [0.4, 0.5) is 8.78 Å². The van der Waals surface area contributed by atoms with Gasteiger partial charge in [-0.3, -0.25) is 9.59 Å². The molecule has 0 N–H and O–H groups in total. The van der Waals surface area contributed by atoms with Crippen molar-refractivity contribution in [3.8, 4) is 5.75 Å². The summed E-state index contributed by atoms with van der Waals surface area (Å²) >= 11 is 7.58. The van der Waals surface area contributed by atoms with Gasteiger partial charge in [0.25, 0.3) is 11.8 Å². The fourth-order valence-corrected chi connectivity index (χ4v) is 5.25. The van der Waals surface area contributed by atoms with E-state index in [1.165, 1.54) is 39.3 Å². The van der Waals surface area contributed by atoms with Crippen LogP contribution in [0.15, 0.2) is 30.3 Å². The van der Waals surface area contributed by atoms with Crippen molar-refractivity contribution in [1.82, 2.24) is 29.4 Å². The molecule has 0 fully saturated rings. The Labute approximate surface area is 219 Å². The molecule has 9 nitrogen and oxygen atoms in total. The molecule has 13 heteroatoms. The molecule has 4 aromatic rings. The molecule has 1 aromatic carbocycles. The zero-order chi connectivity index (χ0) is 26.4. The normalized spacial score (nSPS) is 15.1. The maximum atomic E-state index is 15.0. The number of rotatable bonds is 5. The Morgan fingerprint density at radius 2 is 2.00 bits per heavy atom. The first-order valence-corrected chi connectivity index (χ1v) is 12.4. The zero-order valence-electron chi connectivity index (χ0n) is 20.0. The van der Waals surface area contributed by atoms with Crippen molar-refractivity contribution < 1.29 is 23.1 Å². The third kappa shape index (κ3) is 4.62. The van der Waals surface area contributed by atoms with Crippen LogP contribution < -0.4 is 4.74 Å². The fraction of sp³-hybridized carbons (Fsp3) is 0.292. The Bertz CT molecular complexity index is 1540. The van der Waals surface area contributed by atoms with Crippen LogP contribution in [0, 0.1) is 18.6 Å². The van der Waals surface area contributed by atoms with Crippen molar-refractivity contribution in [2.45, 2.75) is 19.4 Å². The van der Waals surface area contributed by atoms with E-state index >= 15 is 4.39 Å². The van der Waals surface area contributed by atoms with E-state index in [1.807, 2.05) is 6.92 Å². The number of hydrogen-bond acceptors (Lipinski definition) is 7. The predicted octanol–water partition coefficient (Wildman–Crippen LogP) is 3.68. The molecule has 1 unspecified atom stereocenters. The average Bonchev–Trinajstić information content (AvgIpc) is 3.37. The number of carbonyl (C=O) groups is 2. The lowest BCUT2D eigenvalue weighted by Crippen LogP contribution is -2.43. The molecule has 4 heterocycles. The first kappa shape index (κ1) is 25.0. The van der Waals surface area contributed by atoms with Crippen LogP contribution in [0.1, 0.15) is 38.5 Å². The summed E-state index contributed by atoms with van der Waals surface area (Å²) in [7, 11) is 3.18. The third-order valence-corrected chi connectivity index (χ3v) is 7.04. The van der Waals surface area contributed by atoms with E-state index in [1.54, 1.807) is 18.6 Å². The number of pyridine rings is 1. The topological polar surface area (TPSA) is 92.9 Å². The average molecular weight is 547 g/mol. The molecule has 5 rings (SSSR count). The van der Waals surface area contributed by atoms with Crippen molar-refractivity contribution >= 4 is 39.7 Å². The number of amides is 2. The summed E-state index contributed by atoms with van der Waals surface area (Å²) in [6.07, 6.45) is 0.430. The van der Waals surface area contributed by atoms with Gasteiger partial charge in [-0.2, -0.15) is 5.10 Å². The van der Waals surface area contributed by atoms with Crippen molar-refractivity contribution in [2.24, 2.45) is 0 Å². The lowest BCUT2D eigenvalue weighted by atomic mass is 9.95. The van der Waals surface area contributed by atoms with Crippen molar-refractivity contribution in [3.63, 3.8) is 0 Å². The summed E-state index contributed by atoms with van der Waals surface area (Å²) in [6, 6.07) is 5.28. The largest absolute Gasteiger partial charge is 0.481 e. The van der Waals surface area contributed by atoms with Gasteiger partial charge in [0.1, 0.15) is 28.4 Å². The van der Waals surface area contributed by atoms with Gasteiger partial charge < -0.3 is 14.5 Å². The van der Waals surface area contributed by atoms with E-state index in [9.17, 15) is 14.0 Å². The van der Waals surface area contributed by atoms with Gasteiger partial charge in [-0.1, -0.05) is 29.0 Å². The molecule has 2 amide bonds. The van der Waals surface area contributed by atoms with Gasteiger partial charge in [-0.15, -0.1) is 0 Å². The van der Waals surface area contributed by atoms with E-state index in [4.69, 9.17) is 16.3 Å². The summed E-state index contributed by atoms with van der Waals surface area (Å²) in [5, 5.41) is 5.18. The highest BCUT2D eigenvalue weighted by Gasteiger charge is 2.38. The number of benzene rings is 1. The summed E-state index contributed by atoms with van der Waals surface area (Å²) < 4.78 is 36.0. The van der Waals surface area contributed by atoms with E-state index in [2.05, 4.69) is 15.1 Å². The van der Waals surface area contributed by atoms with Crippen LogP contribution in [-0.2, 0) is 11.2 Å². The number of aromatic nitrogens is 4. The molecule has 1 aliphatic rings. The van der Waals surface area contributed by atoms with Gasteiger partial charge in [0.15, 0.2) is 17.5 Å². The first-order valence-electron chi connectivity index (χ1n) is 11.2. The number of ether oxygens (including phenoxy) is 1. The lowest BCUT2D eigenvalue weighted by molar-refractivity contribution is -0.135. The fourth-order valence-electron chi connectivity index (χ4n) is 4.27. The van der Waals surface area contributed by atoms with Gasteiger partial charge in [-0.25, -0.2) is 23.3 Å². The van der Waals surface area contributed by atoms with Crippen molar-refractivity contribution in [1.29, 1.82) is 0 Å². The molecule has 0 spiro atoms. The highest BCUT2D eigenvalue weighted by Crippen LogP contribution is 2.38. The minimum absolute atomic E-state index is 0.0713. The third-order valence-electron chi connectivity index (χ3n) is 5.94. The molecule has 0 radical (unpaired) electrons. The van der Waals surface area contributed by atoms with Crippen LogP contribution in [-0.4, -0.2) is 68.4 Å². The molecular formula is C24H21ClF2N6O3S. The van der Waals surface area contributed by atoms with E-state index in [-0.39, 0.29) is 34.6 Å². The molecule has 0 saturated heterocycles. The molecule has 192 valence electrons. The minimum Gasteiger partial charge on any atom is -0.481 e. The maximum absolute atomic E-state index is 15.0. The number of halogens is 3. The van der Waals surface area contributed by atoms with E-state index < -0.39 is 30.2 Å². The van der Waals surface area contributed by atoms with Crippen LogP contribution >= 0.6 is 22.9 Å². The van der Waals surface area contributed by atoms with Crippen LogP contribution in [0.3, 0.4) is 0 Å². The summed E-state index contributed by atoms with van der Waals surface area (Å²) in [6.45, 7) is 1.64. The summed E-state index contributed by atoms with van der Waals surface area (Å²) in [4.78, 5) is 37.7. The van der Waals surface area contributed by atoms with Gasteiger partial charge in [0.05, 0.1) is 11.4 Å². The Balaban J connectivity index is 1.46. The SMILES string of the molecule is Cc1nn2c3c(nc2s1)CCN(C(=O)COc1ccc(C(=O)N(C)C)nc1Cl)C3c1ccc(F)cc1F. The zero-order valence-corrected chi connectivity index (χ0v) is 21.6. The first-order chi connectivity index (χ1) is 17.6. The molecule has 0 bridgehead atoms. The Kier molecular flexibility index (Phi) is 6.54. The van der Waals surface area contributed by atoms with Gasteiger partial charge in [0.2, 0.25) is 4.96 Å². The van der Waals surface area contributed by atoms with Gasteiger partial charge in [0, 0.05) is 38.7 Å². The minimum atomic E-state index is -0.898. The quantitative estimate of drug-likeness (QED) is 0.355. The number of aryl methyl sites for hydroxylation is 1. The highest BCUT2D eigenvalue weighted by molar-refractivity contribution is 7.16. The highest BCUT2D eigenvalue weighted by atomic mass is 35.5.